The number of para-hydroxylation sites is 1. The van der Waals surface area contributed by atoms with E-state index in [4.69, 9.17) is 23.7 Å². The second-order valence-corrected chi connectivity index (χ2v) is 4.60. The summed E-state index contributed by atoms with van der Waals surface area (Å²) in [7, 11) is 0. The zero-order valence-corrected chi connectivity index (χ0v) is 11.5. The Bertz CT molecular complexity index is 658. The van der Waals surface area contributed by atoms with Crippen LogP contribution in [0.25, 0.3) is 10.9 Å². The topological polar surface area (TPSA) is 106 Å². The van der Waals surface area contributed by atoms with Crippen molar-refractivity contribution in [1.82, 2.24) is 10.3 Å². The molecule has 104 valence electrons. The Morgan fingerprint density at radius 1 is 1.25 bits per heavy atom. The number of thiocarbonyl (C=S) groups is 1. The largest absolute Gasteiger partial charge is 0.389 e. The van der Waals surface area contributed by atoms with Crippen molar-refractivity contribution in [2.45, 2.75) is 0 Å². The highest BCUT2D eigenvalue weighted by molar-refractivity contribution is 7.80. The van der Waals surface area contributed by atoms with Gasteiger partial charge in [-0.3, -0.25) is 0 Å². The van der Waals surface area contributed by atoms with E-state index in [1.165, 1.54) is 0 Å². The van der Waals surface area contributed by atoms with Crippen LogP contribution in [0.5, 0.6) is 0 Å². The van der Waals surface area contributed by atoms with Gasteiger partial charge in [0.25, 0.3) is 0 Å². The van der Waals surface area contributed by atoms with Gasteiger partial charge in [0, 0.05) is 18.5 Å². The molecule has 0 bridgehead atoms. The van der Waals surface area contributed by atoms with Crippen molar-refractivity contribution in [3.8, 4) is 0 Å². The minimum Gasteiger partial charge on any atom is -0.389 e. The van der Waals surface area contributed by atoms with Crippen LogP contribution in [0.1, 0.15) is 5.56 Å². The number of hydrogen-bond acceptors (Lipinski definition) is 4. The second kappa shape index (κ2) is 6.16. The molecule has 0 aliphatic rings. The predicted molar refractivity (Wildman–Crippen MR) is 83.7 cm³/mol. The number of carbonyl (C=O) groups is 1. The van der Waals surface area contributed by atoms with Gasteiger partial charge in [-0.15, -0.1) is 0 Å². The summed E-state index contributed by atoms with van der Waals surface area (Å²) in [5, 5.41) is 6.55. The highest BCUT2D eigenvalue weighted by Gasteiger charge is 2.08. The molecule has 1 heterocycles. The average Bonchev–Trinajstić information content (AvgIpc) is 2.42. The van der Waals surface area contributed by atoms with Crippen molar-refractivity contribution >= 4 is 40.0 Å². The van der Waals surface area contributed by atoms with E-state index in [2.05, 4.69) is 15.6 Å². The smallest absolute Gasteiger partial charge is 0.312 e. The van der Waals surface area contributed by atoms with E-state index in [1.807, 2.05) is 30.3 Å². The van der Waals surface area contributed by atoms with Crippen LogP contribution in [0.2, 0.25) is 0 Å². The summed E-state index contributed by atoms with van der Waals surface area (Å²) >= 11 is 5.04. The Kier molecular flexibility index (Phi) is 4.31. The molecule has 20 heavy (non-hydrogen) atoms. The van der Waals surface area contributed by atoms with Gasteiger partial charge in [-0.25, -0.2) is 9.78 Å². The van der Waals surface area contributed by atoms with E-state index >= 15 is 0 Å². The Labute approximate surface area is 121 Å². The Morgan fingerprint density at radius 3 is 2.70 bits per heavy atom. The number of anilines is 1. The maximum Gasteiger partial charge on any atom is 0.312 e. The van der Waals surface area contributed by atoms with Crippen molar-refractivity contribution in [2.24, 2.45) is 11.5 Å². The number of pyridine rings is 1. The lowest BCUT2D eigenvalue weighted by molar-refractivity contribution is 0.249. The predicted octanol–water partition coefficient (Wildman–Crippen LogP) is 0.949. The van der Waals surface area contributed by atoms with Crippen molar-refractivity contribution in [3.05, 3.63) is 35.9 Å². The first kappa shape index (κ1) is 14.0. The van der Waals surface area contributed by atoms with E-state index in [0.717, 1.165) is 10.9 Å². The summed E-state index contributed by atoms with van der Waals surface area (Å²) in [6.45, 7) is 0.866. The van der Waals surface area contributed by atoms with Crippen LogP contribution < -0.4 is 22.1 Å². The summed E-state index contributed by atoms with van der Waals surface area (Å²) < 4.78 is 0. The molecule has 0 saturated heterocycles. The quantitative estimate of drug-likeness (QED) is 0.484. The summed E-state index contributed by atoms with van der Waals surface area (Å²) in [5.41, 5.74) is 12.2. The molecule has 2 amide bonds. The van der Waals surface area contributed by atoms with Gasteiger partial charge >= 0.3 is 6.03 Å². The van der Waals surface area contributed by atoms with Gasteiger partial charge in [0.2, 0.25) is 0 Å². The highest BCUT2D eigenvalue weighted by atomic mass is 32.1. The molecule has 6 nitrogen and oxygen atoms in total. The minimum absolute atomic E-state index is 0.272. The van der Waals surface area contributed by atoms with E-state index < -0.39 is 6.03 Å². The van der Waals surface area contributed by atoms with Crippen LogP contribution in [0, 0.1) is 0 Å². The molecule has 0 aliphatic carbocycles. The van der Waals surface area contributed by atoms with Gasteiger partial charge in [0.15, 0.2) is 0 Å². The standard InChI is InChI=1S/C13H15N5OS/c14-11(20)9-7-8-3-1-2-4-10(8)18-12(9)16-5-6-17-13(15)19/h1-4,7H,5-6H2,(H2,14,20)(H,16,18)(H3,15,17,19). The molecule has 0 aliphatic heterocycles. The van der Waals surface area contributed by atoms with Crippen LogP contribution in [0.15, 0.2) is 30.3 Å². The van der Waals surface area contributed by atoms with Gasteiger partial charge in [-0.1, -0.05) is 30.4 Å². The average molecular weight is 289 g/mol. The lowest BCUT2D eigenvalue weighted by Gasteiger charge is -2.11. The molecule has 0 atom stereocenters. The summed E-state index contributed by atoms with van der Waals surface area (Å²) in [5.74, 6) is 0.600. The molecule has 0 fully saturated rings. The SMILES string of the molecule is NC(=O)NCCNc1nc2ccccc2cc1C(N)=S. The molecule has 0 radical (unpaired) electrons. The minimum atomic E-state index is -0.562. The monoisotopic (exact) mass is 289 g/mol. The number of carbonyl (C=O) groups excluding carboxylic acids is 1. The third-order valence-electron chi connectivity index (χ3n) is 2.71. The number of rotatable bonds is 5. The maximum atomic E-state index is 10.6. The molecular weight excluding hydrogens is 274 g/mol. The number of fused-ring (bicyclic) bond motifs is 1. The maximum absolute atomic E-state index is 10.6. The number of amides is 2. The number of hydrogen-bond donors (Lipinski definition) is 4. The fourth-order valence-electron chi connectivity index (χ4n) is 1.81. The molecular formula is C13H15N5OS. The third-order valence-corrected chi connectivity index (χ3v) is 2.93. The molecule has 2 rings (SSSR count). The number of benzene rings is 1. The number of nitrogens with one attached hydrogen (secondary N) is 2. The van der Waals surface area contributed by atoms with Crippen molar-refractivity contribution in [2.75, 3.05) is 18.4 Å². The number of primary amides is 1. The van der Waals surface area contributed by atoms with Crippen molar-refractivity contribution < 1.29 is 4.79 Å². The van der Waals surface area contributed by atoms with E-state index in [-0.39, 0.29) is 4.99 Å². The zero-order chi connectivity index (χ0) is 14.5. The highest BCUT2D eigenvalue weighted by Crippen LogP contribution is 2.20. The molecule has 2 aromatic rings. The van der Waals surface area contributed by atoms with Gasteiger partial charge in [0.05, 0.1) is 11.1 Å². The zero-order valence-electron chi connectivity index (χ0n) is 10.7. The van der Waals surface area contributed by atoms with E-state index in [1.54, 1.807) is 0 Å². The van der Waals surface area contributed by atoms with E-state index in [0.29, 0.717) is 24.5 Å². The molecule has 1 aromatic carbocycles. The Balaban J connectivity index is 2.23. The number of urea groups is 1. The lowest BCUT2D eigenvalue weighted by Crippen LogP contribution is -2.33. The molecule has 6 N–H and O–H groups in total. The fourth-order valence-corrected chi connectivity index (χ4v) is 1.96. The van der Waals surface area contributed by atoms with Crippen LogP contribution in [-0.2, 0) is 0 Å². The molecule has 0 unspecified atom stereocenters. The third kappa shape index (κ3) is 3.33. The van der Waals surface area contributed by atoms with Crippen LogP contribution >= 0.6 is 12.2 Å². The number of aromatic nitrogens is 1. The molecule has 0 spiro atoms. The van der Waals surface area contributed by atoms with Gasteiger partial charge in [-0.05, 0) is 12.1 Å². The normalized spacial score (nSPS) is 10.2. The first-order chi connectivity index (χ1) is 9.58. The first-order valence-corrected chi connectivity index (χ1v) is 6.45. The summed E-state index contributed by atoms with van der Waals surface area (Å²) in [4.78, 5) is 15.3. The second-order valence-electron chi connectivity index (χ2n) is 4.16. The molecule has 0 saturated carbocycles. The molecule has 1 aromatic heterocycles. The van der Waals surface area contributed by atoms with E-state index in [9.17, 15) is 4.79 Å². The van der Waals surface area contributed by atoms with Crippen molar-refractivity contribution in [3.63, 3.8) is 0 Å². The first-order valence-electron chi connectivity index (χ1n) is 6.04. The van der Waals surface area contributed by atoms with Gasteiger partial charge < -0.3 is 22.1 Å². The van der Waals surface area contributed by atoms with Crippen LogP contribution in [0.3, 0.4) is 0 Å². The van der Waals surface area contributed by atoms with Gasteiger partial charge in [-0.2, -0.15) is 0 Å². The summed E-state index contributed by atoms with van der Waals surface area (Å²) in [6.07, 6.45) is 0. The van der Waals surface area contributed by atoms with Crippen LogP contribution in [0.4, 0.5) is 10.6 Å². The lowest BCUT2D eigenvalue weighted by atomic mass is 10.1. The molecule has 7 heteroatoms. The van der Waals surface area contributed by atoms with Crippen molar-refractivity contribution in [1.29, 1.82) is 0 Å². The summed E-state index contributed by atoms with van der Waals surface area (Å²) in [6, 6.07) is 9.03. The van der Waals surface area contributed by atoms with Crippen LogP contribution in [-0.4, -0.2) is 29.1 Å². The number of nitrogens with two attached hydrogens (primary N) is 2. The van der Waals surface area contributed by atoms with Gasteiger partial charge in [0.1, 0.15) is 10.8 Å². The fraction of sp³-hybridized carbons (Fsp3) is 0.154. The Hall–Kier alpha value is -2.41. The Morgan fingerprint density at radius 2 is 2.00 bits per heavy atom. The number of nitrogens with zero attached hydrogens (tertiary/aromatic N) is 1.